The molecule has 150 valence electrons. The van der Waals surface area contributed by atoms with Crippen LogP contribution < -0.4 is 10.1 Å². The maximum atomic E-state index is 13.0. The van der Waals surface area contributed by atoms with E-state index < -0.39 is 29.7 Å². The fourth-order valence-electron chi connectivity index (χ4n) is 3.32. The molecule has 1 amide bonds. The maximum Gasteiger partial charge on any atom is 0.513 e. The molecule has 1 aliphatic heterocycles. The number of nitrogens with one attached hydrogen (secondary N) is 1. The van der Waals surface area contributed by atoms with Gasteiger partial charge in [0.1, 0.15) is 12.2 Å². The number of fused-ring (bicyclic) bond motifs is 2. The molecular weight excluding hydrogens is 393 g/mol. The fourth-order valence-corrected chi connectivity index (χ4v) is 3.32. The van der Waals surface area contributed by atoms with Gasteiger partial charge in [0.25, 0.3) is 0 Å². The third kappa shape index (κ3) is 3.04. The molecule has 2 aromatic heterocycles. The Bertz CT molecular complexity index is 1160. The fraction of sp³-hybridized carbons (Fsp3) is 0.222. The summed E-state index contributed by atoms with van der Waals surface area (Å²) in [6, 6.07) is 3.06. The molecule has 1 N–H and O–H groups in total. The Kier molecular flexibility index (Phi) is 4.17. The number of aromatic nitrogens is 3. The van der Waals surface area contributed by atoms with Crippen LogP contribution in [0.1, 0.15) is 28.3 Å². The molecule has 29 heavy (non-hydrogen) atoms. The van der Waals surface area contributed by atoms with E-state index in [2.05, 4.69) is 20.1 Å². The highest BCUT2D eigenvalue weighted by atomic mass is 19.4. The van der Waals surface area contributed by atoms with Crippen LogP contribution in [-0.4, -0.2) is 33.8 Å². The smallest absolute Gasteiger partial charge is 0.437 e. The number of nitrogens with zero attached hydrogens (tertiary/aromatic N) is 3. The van der Waals surface area contributed by atoms with Gasteiger partial charge in [-0.3, -0.25) is 4.79 Å². The molecule has 0 radical (unpaired) electrons. The van der Waals surface area contributed by atoms with Gasteiger partial charge in [-0.05, 0) is 24.6 Å². The van der Waals surface area contributed by atoms with Crippen molar-refractivity contribution in [2.75, 3.05) is 12.4 Å². The van der Waals surface area contributed by atoms with Crippen LogP contribution in [0.2, 0.25) is 0 Å². The minimum atomic E-state index is -4.53. The molecule has 11 heteroatoms. The van der Waals surface area contributed by atoms with E-state index in [1.807, 2.05) is 0 Å². The van der Waals surface area contributed by atoms with Gasteiger partial charge in [-0.1, -0.05) is 6.07 Å². The Morgan fingerprint density at radius 2 is 2.07 bits per heavy atom. The second-order valence-corrected chi connectivity index (χ2v) is 6.34. The number of benzene rings is 1. The third-order valence-corrected chi connectivity index (χ3v) is 4.65. The molecular formula is C18H13F3N4O4. The van der Waals surface area contributed by atoms with Crippen LogP contribution in [0.4, 0.5) is 23.7 Å². The topological polar surface area (TPSA) is 94.8 Å². The summed E-state index contributed by atoms with van der Waals surface area (Å²) in [5.74, 6) is -1.31. The molecule has 8 nitrogen and oxygen atoms in total. The molecule has 1 atom stereocenters. The zero-order valence-corrected chi connectivity index (χ0v) is 15.1. The zero-order chi connectivity index (χ0) is 20.9. The number of hydrogen-bond acceptors (Lipinski definition) is 6. The lowest BCUT2D eigenvalue weighted by Gasteiger charge is -2.12. The molecule has 0 bridgehead atoms. The second-order valence-electron chi connectivity index (χ2n) is 6.34. The third-order valence-electron chi connectivity index (χ3n) is 4.65. The quantitative estimate of drug-likeness (QED) is 0.657. The van der Waals surface area contributed by atoms with Crippen molar-refractivity contribution in [2.45, 2.75) is 19.0 Å². The van der Waals surface area contributed by atoms with Gasteiger partial charge in [-0.25, -0.2) is 14.3 Å². The van der Waals surface area contributed by atoms with Crippen molar-refractivity contribution in [3.8, 4) is 5.75 Å². The molecule has 0 saturated heterocycles. The van der Waals surface area contributed by atoms with Gasteiger partial charge in [0.05, 0.1) is 30.1 Å². The van der Waals surface area contributed by atoms with Crippen LogP contribution in [0.5, 0.6) is 5.75 Å². The molecule has 0 aliphatic carbocycles. The number of ether oxygens (including phenoxy) is 2. The van der Waals surface area contributed by atoms with E-state index in [1.165, 1.54) is 23.1 Å². The molecule has 1 unspecified atom stereocenters. The predicted molar refractivity (Wildman–Crippen MR) is 92.7 cm³/mol. The van der Waals surface area contributed by atoms with Gasteiger partial charge in [0.15, 0.2) is 5.75 Å². The summed E-state index contributed by atoms with van der Waals surface area (Å²) < 4.78 is 49.9. The van der Waals surface area contributed by atoms with Crippen LogP contribution in [-0.2, 0) is 15.7 Å². The lowest BCUT2D eigenvalue weighted by atomic mass is 9.94. The van der Waals surface area contributed by atoms with E-state index in [0.717, 1.165) is 19.2 Å². The molecule has 3 aromatic rings. The number of hydrogen-bond donors (Lipinski definition) is 1. The Morgan fingerprint density at radius 3 is 2.76 bits per heavy atom. The average Bonchev–Trinajstić information content (AvgIpc) is 3.16. The van der Waals surface area contributed by atoms with E-state index in [0.29, 0.717) is 16.6 Å². The maximum absolute atomic E-state index is 13.0. The normalized spacial score (nSPS) is 15.9. The SMILES string of the molecule is COC(=O)Oc1cn2ncnc(C3C(=O)Nc4cc(C(F)(F)F)ccc43)c2c1C. The number of halogens is 3. The van der Waals surface area contributed by atoms with E-state index in [4.69, 9.17) is 4.74 Å². The Labute approximate surface area is 161 Å². The highest BCUT2D eigenvalue weighted by Gasteiger charge is 2.38. The number of anilines is 1. The van der Waals surface area contributed by atoms with Crippen molar-refractivity contribution in [1.29, 1.82) is 0 Å². The molecule has 0 fully saturated rings. The van der Waals surface area contributed by atoms with E-state index in [1.54, 1.807) is 6.92 Å². The van der Waals surface area contributed by atoms with Gasteiger partial charge in [-0.15, -0.1) is 0 Å². The molecule has 0 spiro atoms. The summed E-state index contributed by atoms with van der Waals surface area (Å²) in [6.45, 7) is 1.64. The van der Waals surface area contributed by atoms with Crippen molar-refractivity contribution in [2.24, 2.45) is 0 Å². The number of amides is 1. The summed E-state index contributed by atoms with van der Waals surface area (Å²) in [6.07, 6.45) is -2.83. The number of rotatable bonds is 2. The standard InChI is InChI=1S/C18H13F3N4O4/c1-8-12(29-17(27)28-2)6-25-15(8)14(22-7-23-25)13-10-4-3-9(18(19,20)21)5-11(10)24-16(13)26/h3-7,13H,1-2H3,(H,24,26). The highest BCUT2D eigenvalue weighted by molar-refractivity contribution is 6.06. The second kappa shape index (κ2) is 6.47. The van der Waals surface area contributed by atoms with Crippen LogP contribution in [0, 0.1) is 6.92 Å². The van der Waals surface area contributed by atoms with Crippen LogP contribution in [0.25, 0.3) is 5.52 Å². The first-order valence-electron chi connectivity index (χ1n) is 8.31. The summed E-state index contributed by atoms with van der Waals surface area (Å²) in [5, 5.41) is 6.53. The van der Waals surface area contributed by atoms with Gasteiger partial charge in [-0.2, -0.15) is 18.3 Å². The Hall–Kier alpha value is -3.63. The van der Waals surface area contributed by atoms with Gasteiger partial charge < -0.3 is 14.8 Å². The first-order chi connectivity index (χ1) is 13.7. The first kappa shape index (κ1) is 18.7. The van der Waals surface area contributed by atoms with Crippen LogP contribution in [0.15, 0.2) is 30.7 Å². The predicted octanol–water partition coefficient (Wildman–Crippen LogP) is 3.29. The van der Waals surface area contributed by atoms with Gasteiger partial charge in [0.2, 0.25) is 5.91 Å². The Balaban J connectivity index is 1.84. The molecule has 0 saturated carbocycles. The summed E-state index contributed by atoms with van der Waals surface area (Å²) >= 11 is 0. The lowest BCUT2D eigenvalue weighted by Crippen LogP contribution is -2.16. The summed E-state index contributed by atoms with van der Waals surface area (Å²) in [4.78, 5) is 28.2. The number of aryl methyl sites for hydroxylation is 1. The highest BCUT2D eigenvalue weighted by Crippen LogP contribution is 2.42. The number of alkyl halides is 3. The first-order valence-corrected chi connectivity index (χ1v) is 8.31. The summed E-state index contributed by atoms with van der Waals surface area (Å²) in [7, 11) is 1.16. The minimum absolute atomic E-state index is 0.0711. The lowest BCUT2D eigenvalue weighted by molar-refractivity contribution is -0.137. The van der Waals surface area contributed by atoms with Gasteiger partial charge >= 0.3 is 12.3 Å². The molecule has 3 heterocycles. The van der Waals surface area contributed by atoms with Crippen LogP contribution in [0.3, 0.4) is 0 Å². The van der Waals surface area contributed by atoms with E-state index in [9.17, 15) is 22.8 Å². The van der Waals surface area contributed by atoms with Gasteiger partial charge in [0, 0.05) is 11.3 Å². The number of carbonyl (C=O) groups is 2. The van der Waals surface area contributed by atoms with Crippen molar-refractivity contribution in [3.63, 3.8) is 0 Å². The molecule has 4 rings (SSSR count). The number of methoxy groups -OCH3 is 1. The van der Waals surface area contributed by atoms with Crippen molar-refractivity contribution in [1.82, 2.24) is 14.6 Å². The Morgan fingerprint density at radius 1 is 1.31 bits per heavy atom. The monoisotopic (exact) mass is 406 g/mol. The van der Waals surface area contributed by atoms with E-state index in [-0.39, 0.29) is 17.1 Å². The van der Waals surface area contributed by atoms with Crippen molar-refractivity contribution >= 4 is 23.3 Å². The largest absolute Gasteiger partial charge is 0.513 e. The zero-order valence-electron chi connectivity index (χ0n) is 15.1. The number of carbonyl (C=O) groups excluding carboxylic acids is 2. The van der Waals surface area contributed by atoms with E-state index >= 15 is 0 Å². The summed E-state index contributed by atoms with van der Waals surface area (Å²) in [5.41, 5.74) is 0.714. The molecule has 1 aromatic carbocycles. The average molecular weight is 406 g/mol. The van der Waals surface area contributed by atoms with Crippen molar-refractivity contribution < 1.29 is 32.2 Å². The molecule has 1 aliphatic rings. The van der Waals surface area contributed by atoms with Crippen LogP contribution >= 0.6 is 0 Å². The minimum Gasteiger partial charge on any atom is -0.437 e. The van der Waals surface area contributed by atoms with Crippen molar-refractivity contribution in [3.05, 3.63) is 53.1 Å².